The molecule has 0 aromatic heterocycles. The molecule has 2 aliphatic heterocycles. The summed E-state index contributed by atoms with van der Waals surface area (Å²) in [6.07, 6.45) is 5.11. The Morgan fingerprint density at radius 1 is 1.18 bits per heavy atom. The van der Waals surface area contributed by atoms with Crippen LogP contribution in [0.1, 0.15) is 37.7 Å². The zero-order valence-electron chi connectivity index (χ0n) is 16.9. The number of nitrogens with zero attached hydrogens (tertiary/aromatic N) is 2. The summed E-state index contributed by atoms with van der Waals surface area (Å²) in [6.45, 7) is 2.17. The first kappa shape index (κ1) is 19.2. The first-order valence-corrected chi connectivity index (χ1v) is 10.5. The average Bonchev–Trinajstić information content (AvgIpc) is 3.01. The number of amides is 2. The number of hydrogen-bond acceptors (Lipinski definition) is 4. The van der Waals surface area contributed by atoms with Crippen LogP contribution in [-0.2, 0) is 16.1 Å². The van der Waals surface area contributed by atoms with Gasteiger partial charge in [-0.1, -0.05) is 18.6 Å². The molecule has 0 bridgehead atoms. The summed E-state index contributed by atoms with van der Waals surface area (Å²) in [5.74, 6) is 1.92. The molecule has 0 spiro atoms. The standard InChI is InChI=1S/C22H31N3O3/c1-24-19-10-11-25(22(27)16-4-3-5-16)14-17(19)12-20(24)21(26)23-13-15-6-8-18(28-2)9-7-15/h6-9,16-17,19-20H,3-5,10-14H2,1-2H3,(H,23,26)/t17-,19+,20-/m0/s1. The molecule has 1 N–H and O–H groups in total. The number of fused-ring (bicyclic) bond motifs is 1. The van der Waals surface area contributed by atoms with E-state index in [0.29, 0.717) is 24.4 Å². The molecular weight excluding hydrogens is 354 g/mol. The van der Waals surface area contributed by atoms with Crippen LogP contribution in [-0.4, -0.2) is 60.9 Å². The molecule has 4 rings (SSSR count). The number of methoxy groups -OCH3 is 1. The molecule has 3 atom stereocenters. The Morgan fingerprint density at radius 2 is 1.93 bits per heavy atom. The summed E-state index contributed by atoms with van der Waals surface area (Å²) in [6, 6.07) is 8.06. The van der Waals surface area contributed by atoms with Gasteiger partial charge in [0.15, 0.2) is 0 Å². The molecule has 1 aliphatic carbocycles. The van der Waals surface area contributed by atoms with Crippen molar-refractivity contribution in [2.75, 3.05) is 27.2 Å². The monoisotopic (exact) mass is 385 g/mol. The average molecular weight is 386 g/mol. The van der Waals surface area contributed by atoms with Crippen LogP contribution in [0.25, 0.3) is 0 Å². The van der Waals surface area contributed by atoms with Crippen molar-refractivity contribution >= 4 is 11.8 Å². The van der Waals surface area contributed by atoms with Gasteiger partial charge in [0.1, 0.15) is 5.75 Å². The highest BCUT2D eigenvalue weighted by molar-refractivity contribution is 5.82. The number of piperidine rings is 1. The molecule has 3 aliphatic rings. The maximum Gasteiger partial charge on any atom is 0.237 e. The number of carbonyl (C=O) groups excluding carboxylic acids is 2. The highest BCUT2D eigenvalue weighted by atomic mass is 16.5. The van der Waals surface area contributed by atoms with Crippen LogP contribution in [0.5, 0.6) is 5.75 Å². The maximum absolute atomic E-state index is 12.8. The van der Waals surface area contributed by atoms with Crippen molar-refractivity contribution in [3.8, 4) is 5.75 Å². The van der Waals surface area contributed by atoms with Crippen molar-refractivity contribution in [3.63, 3.8) is 0 Å². The Bertz CT molecular complexity index is 716. The third-order valence-corrected chi connectivity index (χ3v) is 6.93. The molecule has 6 nitrogen and oxygen atoms in total. The van der Waals surface area contributed by atoms with E-state index in [1.165, 1.54) is 6.42 Å². The Morgan fingerprint density at radius 3 is 2.57 bits per heavy atom. The topological polar surface area (TPSA) is 61.9 Å². The summed E-state index contributed by atoms with van der Waals surface area (Å²) < 4.78 is 5.17. The molecule has 2 saturated heterocycles. The molecule has 0 unspecified atom stereocenters. The van der Waals surface area contributed by atoms with Crippen LogP contribution in [0.3, 0.4) is 0 Å². The van der Waals surface area contributed by atoms with Gasteiger partial charge in [-0.15, -0.1) is 0 Å². The number of ether oxygens (including phenoxy) is 1. The van der Waals surface area contributed by atoms with Crippen molar-refractivity contribution in [1.82, 2.24) is 15.1 Å². The van der Waals surface area contributed by atoms with Gasteiger partial charge in [-0.3, -0.25) is 14.5 Å². The summed E-state index contributed by atoms with van der Waals surface area (Å²) in [4.78, 5) is 29.7. The third-order valence-electron chi connectivity index (χ3n) is 6.93. The van der Waals surface area contributed by atoms with Gasteiger partial charge in [-0.25, -0.2) is 0 Å². The predicted molar refractivity (Wildman–Crippen MR) is 107 cm³/mol. The second-order valence-electron chi connectivity index (χ2n) is 8.51. The molecule has 28 heavy (non-hydrogen) atoms. The number of hydrogen-bond donors (Lipinski definition) is 1. The van der Waals surface area contributed by atoms with Crippen LogP contribution in [0, 0.1) is 11.8 Å². The van der Waals surface area contributed by atoms with Gasteiger partial charge in [0.2, 0.25) is 11.8 Å². The Balaban J connectivity index is 1.31. The number of likely N-dealkylation sites (N-methyl/N-ethyl adjacent to an activating group) is 1. The van der Waals surface area contributed by atoms with E-state index in [2.05, 4.69) is 22.2 Å². The second kappa shape index (κ2) is 8.11. The SMILES string of the molecule is COc1ccc(CNC(=O)[C@@H]2C[C@H]3CN(C(=O)C4CCC4)CC[C@H]3N2C)cc1. The Labute approximate surface area is 167 Å². The Kier molecular flexibility index (Phi) is 5.58. The minimum atomic E-state index is -0.105. The zero-order chi connectivity index (χ0) is 19.7. The van der Waals surface area contributed by atoms with E-state index in [0.717, 1.165) is 50.1 Å². The quantitative estimate of drug-likeness (QED) is 0.843. The lowest BCUT2D eigenvalue weighted by Gasteiger charge is -2.40. The van der Waals surface area contributed by atoms with Gasteiger partial charge in [0.25, 0.3) is 0 Å². The Hall–Kier alpha value is -2.08. The zero-order valence-corrected chi connectivity index (χ0v) is 16.9. The summed E-state index contributed by atoms with van der Waals surface area (Å²) in [7, 11) is 3.71. The molecular formula is C22H31N3O3. The summed E-state index contributed by atoms with van der Waals surface area (Å²) in [5, 5.41) is 3.09. The number of likely N-dealkylation sites (tertiary alicyclic amines) is 2. The molecule has 1 saturated carbocycles. The normalized spacial score (nSPS) is 27.8. The van der Waals surface area contributed by atoms with Crippen LogP contribution < -0.4 is 10.1 Å². The van der Waals surface area contributed by atoms with Crippen LogP contribution in [0.2, 0.25) is 0 Å². The van der Waals surface area contributed by atoms with Gasteiger partial charge >= 0.3 is 0 Å². The van der Waals surface area contributed by atoms with E-state index in [1.54, 1.807) is 7.11 Å². The first-order chi connectivity index (χ1) is 13.6. The minimum absolute atomic E-state index is 0.0876. The van der Waals surface area contributed by atoms with E-state index in [1.807, 2.05) is 24.3 Å². The van der Waals surface area contributed by atoms with Crippen LogP contribution in [0.15, 0.2) is 24.3 Å². The number of benzene rings is 1. The van der Waals surface area contributed by atoms with Gasteiger partial charge in [0.05, 0.1) is 13.2 Å². The molecule has 6 heteroatoms. The van der Waals surface area contributed by atoms with Crippen molar-refractivity contribution in [3.05, 3.63) is 29.8 Å². The minimum Gasteiger partial charge on any atom is -0.497 e. The molecule has 2 heterocycles. The number of carbonyl (C=O) groups is 2. The molecule has 2 amide bonds. The smallest absolute Gasteiger partial charge is 0.237 e. The second-order valence-corrected chi connectivity index (χ2v) is 8.51. The molecule has 1 aromatic rings. The van der Waals surface area contributed by atoms with Crippen LogP contribution >= 0.6 is 0 Å². The van der Waals surface area contributed by atoms with Crippen molar-refractivity contribution in [1.29, 1.82) is 0 Å². The molecule has 0 radical (unpaired) electrons. The van der Waals surface area contributed by atoms with Gasteiger partial charge in [-0.05, 0) is 56.3 Å². The maximum atomic E-state index is 12.8. The largest absolute Gasteiger partial charge is 0.497 e. The fraction of sp³-hybridized carbons (Fsp3) is 0.636. The van der Waals surface area contributed by atoms with Crippen molar-refractivity contribution < 1.29 is 14.3 Å². The number of nitrogens with one attached hydrogen (secondary N) is 1. The van der Waals surface area contributed by atoms with E-state index in [4.69, 9.17) is 4.74 Å². The van der Waals surface area contributed by atoms with Gasteiger partial charge in [-0.2, -0.15) is 0 Å². The first-order valence-electron chi connectivity index (χ1n) is 10.5. The van der Waals surface area contributed by atoms with Crippen LogP contribution in [0.4, 0.5) is 0 Å². The summed E-state index contributed by atoms with van der Waals surface area (Å²) >= 11 is 0. The third kappa shape index (κ3) is 3.75. The molecule has 1 aromatic carbocycles. The predicted octanol–water partition coefficient (Wildman–Crippen LogP) is 2.03. The lowest BCUT2D eigenvalue weighted by molar-refractivity contribution is -0.140. The van der Waals surface area contributed by atoms with Gasteiger partial charge < -0.3 is 15.0 Å². The lowest BCUT2D eigenvalue weighted by atomic mass is 9.83. The van der Waals surface area contributed by atoms with E-state index < -0.39 is 0 Å². The summed E-state index contributed by atoms with van der Waals surface area (Å²) in [5.41, 5.74) is 1.06. The van der Waals surface area contributed by atoms with Crippen molar-refractivity contribution in [2.45, 2.75) is 50.7 Å². The molecule has 152 valence electrons. The highest BCUT2D eigenvalue weighted by Gasteiger charge is 2.46. The van der Waals surface area contributed by atoms with E-state index in [-0.39, 0.29) is 17.9 Å². The fourth-order valence-electron chi connectivity index (χ4n) is 4.93. The van der Waals surface area contributed by atoms with E-state index in [9.17, 15) is 9.59 Å². The van der Waals surface area contributed by atoms with E-state index >= 15 is 0 Å². The van der Waals surface area contributed by atoms with Crippen molar-refractivity contribution in [2.24, 2.45) is 11.8 Å². The highest BCUT2D eigenvalue weighted by Crippen LogP contribution is 2.36. The number of rotatable bonds is 5. The fourth-order valence-corrected chi connectivity index (χ4v) is 4.93. The lowest BCUT2D eigenvalue weighted by Crippen LogP contribution is -2.50. The molecule has 3 fully saturated rings. The van der Waals surface area contributed by atoms with Gasteiger partial charge in [0, 0.05) is 31.6 Å².